The van der Waals surface area contributed by atoms with E-state index in [2.05, 4.69) is 38.5 Å². The van der Waals surface area contributed by atoms with Crippen LogP contribution in [0.15, 0.2) is 28.7 Å². The molecule has 1 aromatic carbocycles. The van der Waals surface area contributed by atoms with Crippen molar-refractivity contribution in [1.82, 2.24) is 15.1 Å². The fourth-order valence-electron chi connectivity index (χ4n) is 3.16. The monoisotopic (exact) mass is 410 g/mol. The number of benzene rings is 1. The molecule has 2 rings (SSSR count). The smallest absolute Gasteiger partial charge is 0.243 e. The molecule has 0 aliphatic carbocycles. The van der Waals surface area contributed by atoms with Gasteiger partial charge in [0.25, 0.3) is 0 Å². The minimum Gasteiger partial charge on any atom is -0.346 e. The van der Waals surface area contributed by atoms with Crippen molar-refractivity contribution in [3.8, 4) is 0 Å². The zero-order valence-electron chi connectivity index (χ0n) is 14.9. The van der Waals surface area contributed by atoms with Gasteiger partial charge >= 0.3 is 0 Å². The molecule has 1 aromatic rings. The molecule has 0 spiro atoms. The van der Waals surface area contributed by atoms with Gasteiger partial charge in [-0.2, -0.15) is 0 Å². The normalized spacial score (nSPS) is 18.2. The van der Waals surface area contributed by atoms with Crippen LogP contribution in [0.4, 0.5) is 5.69 Å². The van der Waals surface area contributed by atoms with Gasteiger partial charge in [-0.1, -0.05) is 12.1 Å². The molecule has 1 atom stereocenters. The number of likely N-dealkylation sites (N-methyl/N-ethyl adjacent to an activating group) is 1. The zero-order chi connectivity index (χ0) is 18.2. The standard InChI is InChI=1S/C18H27BrN4O2/c1-22-9-5-6-14(11-22)12-23(2)13-18(25)20-10-17(24)21-16-8-4-3-7-15(16)19/h3-4,7-8,14H,5-6,9-13H2,1-2H3,(H,20,25)(H,21,24). The highest BCUT2D eigenvalue weighted by Crippen LogP contribution is 2.20. The van der Waals surface area contributed by atoms with Crippen LogP contribution >= 0.6 is 15.9 Å². The number of nitrogens with one attached hydrogen (secondary N) is 2. The second-order valence-corrected chi connectivity index (χ2v) is 7.63. The summed E-state index contributed by atoms with van der Waals surface area (Å²) in [5, 5.41) is 5.45. The fourth-order valence-corrected chi connectivity index (χ4v) is 3.55. The molecular formula is C18H27BrN4O2. The van der Waals surface area contributed by atoms with Crippen molar-refractivity contribution in [3.05, 3.63) is 28.7 Å². The maximum Gasteiger partial charge on any atom is 0.243 e. The Bertz CT molecular complexity index is 596. The predicted molar refractivity (Wildman–Crippen MR) is 103 cm³/mol. The number of hydrogen-bond acceptors (Lipinski definition) is 4. The highest BCUT2D eigenvalue weighted by Gasteiger charge is 2.19. The molecule has 25 heavy (non-hydrogen) atoms. The first-order valence-electron chi connectivity index (χ1n) is 8.62. The molecule has 7 heteroatoms. The van der Waals surface area contributed by atoms with Crippen LogP contribution < -0.4 is 10.6 Å². The molecule has 0 bridgehead atoms. The molecule has 1 fully saturated rings. The molecule has 1 unspecified atom stereocenters. The van der Waals surface area contributed by atoms with E-state index >= 15 is 0 Å². The Balaban J connectivity index is 1.67. The van der Waals surface area contributed by atoms with E-state index in [0.717, 1.165) is 24.1 Å². The second-order valence-electron chi connectivity index (χ2n) is 6.77. The number of amides is 2. The average molecular weight is 411 g/mol. The summed E-state index contributed by atoms with van der Waals surface area (Å²) in [6, 6.07) is 7.38. The number of piperidine rings is 1. The van der Waals surface area contributed by atoms with E-state index in [0.29, 0.717) is 18.2 Å². The quantitative estimate of drug-likeness (QED) is 0.718. The van der Waals surface area contributed by atoms with Crippen LogP contribution in [0.25, 0.3) is 0 Å². The Hall–Kier alpha value is -1.44. The Kier molecular flexibility index (Phi) is 7.87. The first kappa shape index (κ1) is 19.9. The van der Waals surface area contributed by atoms with Crippen molar-refractivity contribution in [2.24, 2.45) is 5.92 Å². The molecule has 1 aliphatic rings. The number of nitrogens with zero attached hydrogens (tertiary/aromatic N) is 2. The van der Waals surface area contributed by atoms with Crippen molar-refractivity contribution >= 4 is 33.4 Å². The highest BCUT2D eigenvalue weighted by atomic mass is 79.9. The third kappa shape index (κ3) is 7.13. The van der Waals surface area contributed by atoms with Gasteiger partial charge in [0.05, 0.1) is 18.8 Å². The SMILES string of the molecule is CN1CCCC(CN(C)CC(=O)NCC(=O)Nc2ccccc2Br)C1. The van der Waals surface area contributed by atoms with Crippen molar-refractivity contribution < 1.29 is 9.59 Å². The summed E-state index contributed by atoms with van der Waals surface area (Å²) in [6.07, 6.45) is 2.43. The van der Waals surface area contributed by atoms with Crippen LogP contribution in [0.1, 0.15) is 12.8 Å². The lowest BCUT2D eigenvalue weighted by molar-refractivity contribution is -0.124. The summed E-state index contributed by atoms with van der Waals surface area (Å²) < 4.78 is 0.812. The summed E-state index contributed by atoms with van der Waals surface area (Å²) >= 11 is 3.38. The molecule has 138 valence electrons. The lowest BCUT2D eigenvalue weighted by atomic mass is 9.98. The van der Waals surface area contributed by atoms with Crippen molar-refractivity contribution in [3.63, 3.8) is 0 Å². The minimum atomic E-state index is -0.239. The molecule has 1 heterocycles. The van der Waals surface area contributed by atoms with Crippen LogP contribution in [0.2, 0.25) is 0 Å². The van der Waals surface area contributed by atoms with Crippen molar-refractivity contribution in [1.29, 1.82) is 0 Å². The number of carbonyl (C=O) groups excluding carboxylic acids is 2. The predicted octanol–water partition coefficient (Wildman–Crippen LogP) is 1.78. The fraction of sp³-hybridized carbons (Fsp3) is 0.556. The van der Waals surface area contributed by atoms with Crippen molar-refractivity contribution in [2.45, 2.75) is 12.8 Å². The van der Waals surface area contributed by atoms with E-state index in [-0.39, 0.29) is 18.4 Å². The van der Waals surface area contributed by atoms with Crippen LogP contribution in [0.3, 0.4) is 0 Å². The Morgan fingerprint density at radius 1 is 1.32 bits per heavy atom. The van der Waals surface area contributed by atoms with Gasteiger partial charge in [0.15, 0.2) is 0 Å². The van der Waals surface area contributed by atoms with Gasteiger partial charge in [0, 0.05) is 17.6 Å². The largest absolute Gasteiger partial charge is 0.346 e. The van der Waals surface area contributed by atoms with Crippen LogP contribution in [0, 0.1) is 5.92 Å². The summed E-state index contributed by atoms with van der Waals surface area (Å²) in [4.78, 5) is 28.3. The maximum absolute atomic E-state index is 12.0. The second kappa shape index (κ2) is 9.89. The molecule has 6 nitrogen and oxygen atoms in total. The zero-order valence-corrected chi connectivity index (χ0v) is 16.5. The van der Waals surface area contributed by atoms with Gasteiger partial charge in [0.1, 0.15) is 0 Å². The summed E-state index contributed by atoms with van der Waals surface area (Å²) in [5.74, 6) is 0.237. The molecule has 2 N–H and O–H groups in total. The maximum atomic E-state index is 12.0. The van der Waals surface area contributed by atoms with Crippen LogP contribution in [-0.2, 0) is 9.59 Å². The first-order valence-corrected chi connectivity index (χ1v) is 9.41. The molecule has 1 aliphatic heterocycles. The summed E-state index contributed by atoms with van der Waals surface area (Å²) in [5.41, 5.74) is 0.695. The van der Waals surface area contributed by atoms with Gasteiger partial charge in [-0.3, -0.25) is 14.5 Å². The van der Waals surface area contributed by atoms with E-state index in [9.17, 15) is 9.59 Å². The Labute approximate surface area is 158 Å². The number of rotatable bonds is 7. The lowest BCUT2D eigenvalue weighted by Crippen LogP contribution is -2.43. The Morgan fingerprint density at radius 2 is 2.08 bits per heavy atom. The van der Waals surface area contributed by atoms with Gasteiger partial charge in [-0.05, 0) is 67.5 Å². The van der Waals surface area contributed by atoms with Gasteiger partial charge in [-0.25, -0.2) is 0 Å². The molecular weight excluding hydrogens is 384 g/mol. The van der Waals surface area contributed by atoms with Gasteiger partial charge in [0.2, 0.25) is 11.8 Å². The van der Waals surface area contributed by atoms with Gasteiger partial charge < -0.3 is 15.5 Å². The number of anilines is 1. The van der Waals surface area contributed by atoms with Gasteiger partial charge in [-0.15, -0.1) is 0 Å². The number of halogens is 1. The molecule has 1 saturated heterocycles. The van der Waals surface area contributed by atoms with E-state index in [4.69, 9.17) is 0 Å². The minimum absolute atomic E-state index is 0.0276. The van der Waals surface area contributed by atoms with E-state index in [1.165, 1.54) is 12.8 Å². The van der Waals surface area contributed by atoms with Crippen LogP contribution in [-0.4, -0.2) is 68.4 Å². The van der Waals surface area contributed by atoms with E-state index < -0.39 is 0 Å². The first-order chi connectivity index (χ1) is 11.9. The average Bonchev–Trinajstić information content (AvgIpc) is 2.55. The number of hydrogen-bond donors (Lipinski definition) is 2. The van der Waals surface area contributed by atoms with Crippen molar-refractivity contribution in [2.75, 3.05) is 52.1 Å². The highest BCUT2D eigenvalue weighted by molar-refractivity contribution is 9.10. The number of para-hydroxylation sites is 1. The third-order valence-corrected chi connectivity index (χ3v) is 4.99. The summed E-state index contributed by atoms with van der Waals surface area (Å²) in [7, 11) is 4.10. The molecule has 0 radical (unpaired) electrons. The van der Waals surface area contributed by atoms with E-state index in [1.807, 2.05) is 30.1 Å². The topological polar surface area (TPSA) is 64.7 Å². The third-order valence-electron chi connectivity index (χ3n) is 4.30. The summed E-state index contributed by atoms with van der Waals surface area (Å²) in [6.45, 7) is 3.43. The van der Waals surface area contributed by atoms with Crippen LogP contribution in [0.5, 0.6) is 0 Å². The number of carbonyl (C=O) groups is 2. The number of likely N-dealkylation sites (tertiary alicyclic amines) is 1. The lowest BCUT2D eigenvalue weighted by Gasteiger charge is -2.32. The molecule has 0 saturated carbocycles. The molecule has 0 aromatic heterocycles. The Morgan fingerprint density at radius 3 is 2.80 bits per heavy atom. The van der Waals surface area contributed by atoms with E-state index in [1.54, 1.807) is 6.07 Å². The molecule has 2 amide bonds.